The van der Waals surface area contributed by atoms with Crippen LogP contribution in [0.25, 0.3) is 0 Å². The monoisotopic (exact) mass is 212 g/mol. The number of benzene rings is 1. The van der Waals surface area contributed by atoms with Gasteiger partial charge in [0.1, 0.15) is 11.6 Å². The van der Waals surface area contributed by atoms with Gasteiger partial charge in [-0.2, -0.15) is 0 Å². The maximum absolute atomic E-state index is 13.9. The van der Waals surface area contributed by atoms with Crippen LogP contribution in [0.5, 0.6) is 0 Å². The Morgan fingerprint density at radius 1 is 1.00 bits per heavy atom. The van der Waals surface area contributed by atoms with Crippen molar-refractivity contribution in [3.8, 4) is 0 Å². The maximum atomic E-state index is 13.9. The Morgan fingerprint density at radius 2 is 1.53 bits per heavy atom. The standard InChI is InChI=1S/C13H18F2/c1-7(2)10-6-11(14)12(8(3)4)9(5)13(10)15/h6-8H,1-5H3. The second kappa shape index (κ2) is 4.30. The lowest BCUT2D eigenvalue weighted by Crippen LogP contribution is -2.05. The molecule has 1 aromatic carbocycles. The highest BCUT2D eigenvalue weighted by Gasteiger charge is 2.18. The zero-order valence-electron chi connectivity index (χ0n) is 9.99. The first-order chi connectivity index (χ1) is 6.86. The normalized spacial score (nSPS) is 11.5. The fourth-order valence-corrected chi connectivity index (χ4v) is 1.92. The first kappa shape index (κ1) is 12.2. The zero-order chi connectivity index (χ0) is 11.7. The molecule has 15 heavy (non-hydrogen) atoms. The van der Waals surface area contributed by atoms with E-state index in [0.29, 0.717) is 16.7 Å². The lowest BCUT2D eigenvalue weighted by atomic mass is 9.91. The third-order valence-electron chi connectivity index (χ3n) is 2.73. The summed E-state index contributed by atoms with van der Waals surface area (Å²) in [6.45, 7) is 9.14. The van der Waals surface area contributed by atoms with Gasteiger partial charge in [0.25, 0.3) is 0 Å². The molecular weight excluding hydrogens is 194 g/mol. The first-order valence-electron chi connectivity index (χ1n) is 5.34. The van der Waals surface area contributed by atoms with Crippen molar-refractivity contribution in [3.63, 3.8) is 0 Å². The predicted octanol–water partition coefficient (Wildman–Crippen LogP) is 4.52. The number of hydrogen-bond acceptors (Lipinski definition) is 0. The molecule has 0 aliphatic carbocycles. The Morgan fingerprint density at radius 3 is 1.93 bits per heavy atom. The molecule has 0 saturated heterocycles. The van der Waals surface area contributed by atoms with Crippen molar-refractivity contribution in [1.82, 2.24) is 0 Å². The van der Waals surface area contributed by atoms with E-state index in [2.05, 4.69) is 0 Å². The zero-order valence-corrected chi connectivity index (χ0v) is 9.99. The number of rotatable bonds is 2. The van der Waals surface area contributed by atoms with Crippen LogP contribution in [-0.4, -0.2) is 0 Å². The molecule has 0 radical (unpaired) electrons. The third-order valence-corrected chi connectivity index (χ3v) is 2.73. The summed E-state index contributed by atoms with van der Waals surface area (Å²) >= 11 is 0. The summed E-state index contributed by atoms with van der Waals surface area (Å²) in [5, 5.41) is 0. The van der Waals surface area contributed by atoms with E-state index < -0.39 is 0 Å². The molecule has 0 N–H and O–H groups in total. The predicted molar refractivity (Wildman–Crippen MR) is 59.3 cm³/mol. The second-order valence-corrected chi connectivity index (χ2v) is 4.61. The molecule has 0 bridgehead atoms. The van der Waals surface area contributed by atoms with Gasteiger partial charge in [0.2, 0.25) is 0 Å². The van der Waals surface area contributed by atoms with E-state index in [0.717, 1.165) is 0 Å². The van der Waals surface area contributed by atoms with Crippen molar-refractivity contribution in [2.24, 2.45) is 0 Å². The molecule has 0 aliphatic heterocycles. The van der Waals surface area contributed by atoms with Crippen LogP contribution in [0.4, 0.5) is 8.78 Å². The highest BCUT2D eigenvalue weighted by molar-refractivity contribution is 5.37. The molecule has 1 aromatic rings. The van der Waals surface area contributed by atoms with Crippen LogP contribution in [-0.2, 0) is 0 Å². The molecule has 0 fully saturated rings. The van der Waals surface area contributed by atoms with Crippen LogP contribution in [0, 0.1) is 18.6 Å². The van der Waals surface area contributed by atoms with E-state index in [4.69, 9.17) is 0 Å². The summed E-state index contributed by atoms with van der Waals surface area (Å²) in [6.07, 6.45) is 0. The van der Waals surface area contributed by atoms with Gasteiger partial charge in [-0.1, -0.05) is 27.7 Å². The van der Waals surface area contributed by atoms with Gasteiger partial charge in [-0.05, 0) is 41.5 Å². The highest BCUT2D eigenvalue weighted by atomic mass is 19.1. The molecule has 0 saturated carbocycles. The van der Waals surface area contributed by atoms with Crippen molar-refractivity contribution in [2.45, 2.75) is 46.5 Å². The topological polar surface area (TPSA) is 0 Å². The summed E-state index contributed by atoms with van der Waals surface area (Å²) in [6, 6.07) is 1.34. The van der Waals surface area contributed by atoms with E-state index >= 15 is 0 Å². The molecule has 0 nitrogen and oxygen atoms in total. The summed E-state index contributed by atoms with van der Waals surface area (Å²) in [7, 11) is 0. The van der Waals surface area contributed by atoms with E-state index in [1.807, 2.05) is 27.7 Å². The molecule has 0 amide bonds. The lowest BCUT2D eigenvalue weighted by Gasteiger charge is -2.16. The quantitative estimate of drug-likeness (QED) is 0.676. The Hall–Kier alpha value is -0.920. The van der Waals surface area contributed by atoms with Gasteiger partial charge in [-0.25, -0.2) is 8.78 Å². The van der Waals surface area contributed by atoms with Crippen LogP contribution < -0.4 is 0 Å². The molecule has 84 valence electrons. The van der Waals surface area contributed by atoms with Gasteiger partial charge < -0.3 is 0 Å². The van der Waals surface area contributed by atoms with E-state index in [9.17, 15) is 8.78 Å². The summed E-state index contributed by atoms with van der Waals surface area (Å²) in [5.41, 5.74) is 1.42. The molecular formula is C13H18F2. The van der Waals surface area contributed by atoms with Gasteiger partial charge in [0.15, 0.2) is 0 Å². The van der Waals surface area contributed by atoms with Crippen LogP contribution >= 0.6 is 0 Å². The Kier molecular flexibility index (Phi) is 3.48. The molecule has 0 atom stereocenters. The van der Waals surface area contributed by atoms with Crippen molar-refractivity contribution in [1.29, 1.82) is 0 Å². The summed E-state index contributed by atoms with van der Waals surface area (Å²) < 4.78 is 27.6. The summed E-state index contributed by atoms with van der Waals surface area (Å²) in [5.74, 6) is -0.511. The number of hydrogen-bond donors (Lipinski definition) is 0. The van der Waals surface area contributed by atoms with Crippen LogP contribution in [0.15, 0.2) is 6.07 Å². The van der Waals surface area contributed by atoms with Crippen LogP contribution in [0.3, 0.4) is 0 Å². The van der Waals surface area contributed by atoms with E-state index in [-0.39, 0.29) is 23.5 Å². The lowest BCUT2D eigenvalue weighted by molar-refractivity contribution is 0.548. The second-order valence-electron chi connectivity index (χ2n) is 4.61. The average molecular weight is 212 g/mol. The van der Waals surface area contributed by atoms with Gasteiger partial charge >= 0.3 is 0 Å². The van der Waals surface area contributed by atoms with Crippen molar-refractivity contribution in [2.75, 3.05) is 0 Å². The minimum atomic E-state index is -0.285. The highest BCUT2D eigenvalue weighted by Crippen LogP contribution is 2.30. The molecule has 0 spiro atoms. The Balaban J connectivity index is 3.44. The fraction of sp³-hybridized carbons (Fsp3) is 0.538. The molecule has 0 heterocycles. The largest absolute Gasteiger partial charge is 0.207 e. The van der Waals surface area contributed by atoms with Gasteiger partial charge in [-0.3, -0.25) is 0 Å². The van der Waals surface area contributed by atoms with Crippen molar-refractivity contribution >= 4 is 0 Å². The van der Waals surface area contributed by atoms with Gasteiger partial charge in [0.05, 0.1) is 0 Å². The van der Waals surface area contributed by atoms with Crippen molar-refractivity contribution < 1.29 is 8.78 Å². The Labute approximate surface area is 90.3 Å². The molecule has 0 aromatic heterocycles. The Bertz CT molecular complexity index is 365. The minimum Gasteiger partial charge on any atom is -0.207 e. The maximum Gasteiger partial charge on any atom is 0.130 e. The molecule has 1 rings (SSSR count). The third kappa shape index (κ3) is 2.19. The van der Waals surface area contributed by atoms with E-state index in [1.165, 1.54) is 6.07 Å². The molecule has 0 aliphatic rings. The van der Waals surface area contributed by atoms with Gasteiger partial charge in [-0.15, -0.1) is 0 Å². The molecule has 2 heteroatoms. The minimum absolute atomic E-state index is 0.0133. The SMILES string of the molecule is Cc1c(F)c(C(C)C)cc(F)c1C(C)C. The fourth-order valence-electron chi connectivity index (χ4n) is 1.92. The average Bonchev–Trinajstić information content (AvgIpc) is 2.10. The molecule has 0 unspecified atom stereocenters. The first-order valence-corrected chi connectivity index (χ1v) is 5.34. The van der Waals surface area contributed by atoms with Crippen molar-refractivity contribution in [3.05, 3.63) is 34.4 Å². The van der Waals surface area contributed by atoms with Crippen LogP contribution in [0.2, 0.25) is 0 Å². The summed E-state index contributed by atoms with van der Waals surface area (Å²) in [4.78, 5) is 0. The van der Waals surface area contributed by atoms with Gasteiger partial charge in [0, 0.05) is 0 Å². The van der Waals surface area contributed by atoms with Crippen LogP contribution in [0.1, 0.15) is 56.2 Å². The smallest absolute Gasteiger partial charge is 0.130 e. The number of halogens is 2. The van der Waals surface area contributed by atoms with E-state index in [1.54, 1.807) is 6.92 Å².